The number of nitrogens with zero attached hydrogens (tertiary/aromatic N) is 2. The van der Waals surface area contributed by atoms with Gasteiger partial charge < -0.3 is 0 Å². The van der Waals surface area contributed by atoms with Gasteiger partial charge in [-0.25, -0.2) is 0 Å². The zero-order chi connectivity index (χ0) is 9.52. The van der Waals surface area contributed by atoms with Crippen molar-refractivity contribution in [2.24, 2.45) is 22.4 Å². The van der Waals surface area contributed by atoms with E-state index in [1.165, 1.54) is 18.6 Å². The van der Waals surface area contributed by atoms with E-state index >= 15 is 0 Å². The van der Waals surface area contributed by atoms with E-state index in [-0.39, 0.29) is 4.29 Å². The Hall–Kier alpha value is -0.497. The first-order valence-corrected chi connectivity index (χ1v) is 8.70. The Bertz CT molecular complexity index is 285. The second kappa shape index (κ2) is 1.87. The molecule has 0 radical (unpaired) electrons. The minimum atomic E-state index is -5.27. The van der Waals surface area contributed by atoms with Gasteiger partial charge in [-0.1, -0.05) is 0 Å². The predicted molar refractivity (Wildman–Crippen MR) is 42.6 cm³/mol. The van der Waals surface area contributed by atoms with Gasteiger partial charge in [0.05, 0.1) is 0 Å². The van der Waals surface area contributed by atoms with Gasteiger partial charge in [-0.15, -0.1) is 0 Å². The van der Waals surface area contributed by atoms with Crippen LogP contribution >= 0.6 is 0 Å². The summed E-state index contributed by atoms with van der Waals surface area (Å²) in [5.41, 5.74) is 0. The number of aromatic nitrogens is 2. The zero-order valence-electron chi connectivity index (χ0n) is 6.37. The fourth-order valence-electron chi connectivity index (χ4n) is 0.541. The molecule has 1 heterocycles. The van der Waals surface area contributed by atoms with E-state index in [4.69, 9.17) is 22.4 Å². The molecule has 0 amide bonds. The maximum atomic E-state index is 5.53. The second-order valence-corrected chi connectivity index (χ2v) is 11.9. The molecule has 0 aliphatic heterocycles. The van der Waals surface area contributed by atoms with E-state index in [0.29, 0.717) is 0 Å². The summed E-state index contributed by atoms with van der Waals surface area (Å²) >= 11 is -5.27. The number of nitrogens with two attached hydrogens (primary N) is 5. The van der Waals surface area contributed by atoms with Crippen LogP contribution < -0.4 is 26.7 Å². The normalized spacial score (nSPS) is 18.1. The Morgan fingerprint density at radius 2 is 1.58 bits per heavy atom. The summed E-state index contributed by atoms with van der Waals surface area (Å²) in [5.74, 6) is 0. The molecule has 0 aliphatic carbocycles. The van der Waals surface area contributed by atoms with Crippen molar-refractivity contribution in [2.75, 3.05) is 0 Å². The topological polar surface area (TPSA) is 156 Å². The molecule has 72 valence electrons. The van der Waals surface area contributed by atoms with Gasteiger partial charge >= 0.3 is 68.8 Å². The van der Waals surface area contributed by atoms with Crippen LogP contribution in [0.5, 0.6) is 0 Å². The van der Waals surface area contributed by atoms with Crippen molar-refractivity contribution in [3.8, 4) is 0 Å². The summed E-state index contributed by atoms with van der Waals surface area (Å²) in [6.07, 6.45) is 4.10. The molecule has 0 aromatic carbocycles. The van der Waals surface area contributed by atoms with Gasteiger partial charge in [0.2, 0.25) is 0 Å². The third kappa shape index (κ3) is 2.24. The van der Waals surface area contributed by atoms with Crippen molar-refractivity contribution in [2.45, 2.75) is 0 Å². The third-order valence-electron chi connectivity index (χ3n) is 1.05. The first-order valence-electron chi connectivity index (χ1n) is 2.82. The summed E-state index contributed by atoms with van der Waals surface area (Å²) in [4.78, 5) is 7.51. The Labute approximate surface area is 69.3 Å². The first-order chi connectivity index (χ1) is 5.09. The van der Waals surface area contributed by atoms with Crippen molar-refractivity contribution in [3.05, 3.63) is 18.6 Å². The van der Waals surface area contributed by atoms with Gasteiger partial charge in [-0.05, 0) is 0 Å². The molecular weight excluding hydrogens is 247 g/mol. The van der Waals surface area contributed by atoms with Crippen LogP contribution in [0.1, 0.15) is 0 Å². The molecule has 0 bridgehead atoms. The molecule has 0 spiro atoms. The molecule has 0 saturated heterocycles. The van der Waals surface area contributed by atoms with E-state index in [1.54, 1.807) is 0 Å². The van der Waals surface area contributed by atoms with E-state index in [1.807, 2.05) is 0 Å². The molecule has 8 heteroatoms. The fraction of sp³-hybridized carbons (Fsp3) is 0. The molecule has 0 aliphatic rings. The Morgan fingerprint density at radius 1 is 1.00 bits per heavy atom. The molecule has 1 rings (SSSR count). The summed E-state index contributed by atoms with van der Waals surface area (Å²) in [6, 6.07) is 0. The van der Waals surface area contributed by atoms with E-state index in [9.17, 15) is 0 Å². The molecule has 12 heavy (non-hydrogen) atoms. The second-order valence-electron chi connectivity index (χ2n) is 2.70. The van der Waals surface area contributed by atoms with Crippen LogP contribution in [0.2, 0.25) is 0 Å². The summed E-state index contributed by atoms with van der Waals surface area (Å²) < 4.78 is 27.7. The Balaban J connectivity index is 3.36. The molecule has 1 aromatic heterocycles. The molecule has 0 unspecified atom stereocenters. The zero-order valence-corrected chi connectivity index (χ0v) is 8.10. The van der Waals surface area contributed by atoms with Crippen LogP contribution in [0.3, 0.4) is 0 Å². The molecule has 0 atom stereocenters. The van der Waals surface area contributed by atoms with Crippen molar-refractivity contribution in [1.82, 2.24) is 9.97 Å². The number of rotatable bonds is 1. The quantitative estimate of drug-likeness (QED) is 0.331. The SMILES string of the molecule is [NH2][Ru]([NH2])([NH2])([NH2])([NH2])[c]1cnccn1. The summed E-state index contributed by atoms with van der Waals surface area (Å²) in [6.45, 7) is 0. The van der Waals surface area contributed by atoms with E-state index < -0.39 is 13.6 Å². The maximum absolute atomic E-state index is 5.53. The molecular formula is C4H13N7Ru. The average molecular weight is 260 g/mol. The van der Waals surface area contributed by atoms with Crippen LogP contribution in [-0.4, -0.2) is 9.97 Å². The summed E-state index contributed by atoms with van der Waals surface area (Å²) in [7, 11) is 0. The van der Waals surface area contributed by atoms with Crippen LogP contribution in [0, 0.1) is 0 Å². The van der Waals surface area contributed by atoms with Gasteiger partial charge in [0.25, 0.3) is 0 Å². The third-order valence-corrected chi connectivity index (χ3v) is 4.07. The predicted octanol–water partition coefficient (Wildman–Crippen LogP) is -3.30. The van der Waals surface area contributed by atoms with Gasteiger partial charge in [-0.2, -0.15) is 0 Å². The number of hydrogen-bond donors (Lipinski definition) is 5. The first kappa shape index (κ1) is 9.59. The van der Waals surface area contributed by atoms with Crippen molar-refractivity contribution >= 4 is 4.29 Å². The molecule has 10 N–H and O–H groups in total. The van der Waals surface area contributed by atoms with Crippen molar-refractivity contribution in [3.63, 3.8) is 0 Å². The van der Waals surface area contributed by atoms with Crippen molar-refractivity contribution < 1.29 is 13.6 Å². The molecule has 0 saturated carbocycles. The van der Waals surface area contributed by atoms with Gasteiger partial charge in [0, 0.05) is 0 Å². The molecule has 7 nitrogen and oxygen atoms in total. The Kier molecular flexibility index (Phi) is 1.50. The molecule has 0 fully saturated rings. The van der Waals surface area contributed by atoms with Gasteiger partial charge in [0.15, 0.2) is 0 Å². The standard InChI is InChI=1S/C4H3N2.5H2N.Ru/c1-2-6-4-3-5-1;;;;;;/h1-3H;5*1H2;/q;5*-1;+5. The van der Waals surface area contributed by atoms with Crippen LogP contribution in [0.15, 0.2) is 18.6 Å². The van der Waals surface area contributed by atoms with Crippen LogP contribution in [0.25, 0.3) is 0 Å². The summed E-state index contributed by atoms with van der Waals surface area (Å²) in [5, 5.41) is 0. The average Bonchev–Trinajstić information content (AvgIpc) is 1.85. The van der Waals surface area contributed by atoms with Gasteiger partial charge in [-0.3, -0.25) is 0 Å². The number of hydrogen-bond acceptors (Lipinski definition) is 7. The van der Waals surface area contributed by atoms with E-state index in [2.05, 4.69) is 9.97 Å². The van der Waals surface area contributed by atoms with Gasteiger partial charge in [0.1, 0.15) is 0 Å². The Morgan fingerprint density at radius 3 is 1.83 bits per heavy atom. The minimum absolute atomic E-state index is 0.0694. The van der Waals surface area contributed by atoms with Crippen molar-refractivity contribution in [1.29, 1.82) is 0 Å². The molecule has 1 aromatic rings. The van der Waals surface area contributed by atoms with E-state index in [0.717, 1.165) is 0 Å². The van der Waals surface area contributed by atoms with Crippen LogP contribution in [0.4, 0.5) is 0 Å². The fourth-order valence-corrected chi connectivity index (χ4v) is 2.10. The monoisotopic (exact) mass is 261 g/mol. The van der Waals surface area contributed by atoms with Crippen LogP contribution in [-0.2, 0) is 13.6 Å².